The molecule has 0 amide bonds. The predicted octanol–water partition coefficient (Wildman–Crippen LogP) is 7.29. The van der Waals surface area contributed by atoms with Crippen LogP contribution in [0.3, 0.4) is 0 Å². The Labute approximate surface area is 169 Å². The number of nitrogens with zero attached hydrogens (tertiary/aromatic N) is 2. The first-order valence-electron chi connectivity index (χ1n) is 9.55. The fourth-order valence-electron chi connectivity index (χ4n) is 4.54. The van der Waals surface area contributed by atoms with E-state index in [2.05, 4.69) is 82.3 Å². The number of rotatable bonds is 1. The molecule has 0 spiro atoms. The highest BCUT2D eigenvalue weighted by molar-refractivity contribution is 7.26. The van der Waals surface area contributed by atoms with Crippen LogP contribution in [0.5, 0.6) is 0 Å². The average Bonchev–Trinajstić information content (AvgIpc) is 3.45. The SMILES string of the molecule is c1ccc2c(c1)sc1ccc3c(c4ccccc4n3-c3ccc4ocnc4c3)c12. The zero-order chi connectivity index (χ0) is 18.9. The van der Waals surface area contributed by atoms with Gasteiger partial charge in [0, 0.05) is 36.6 Å². The number of thiophene rings is 1. The Hall–Kier alpha value is -3.63. The molecule has 0 unspecified atom stereocenters. The summed E-state index contributed by atoms with van der Waals surface area (Å²) in [6.07, 6.45) is 1.50. The minimum atomic E-state index is 0.806. The van der Waals surface area contributed by atoms with E-state index < -0.39 is 0 Å². The predicted molar refractivity (Wildman–Crippen MR) is 121 cm³/mol. The summed E-state index contributed by atoms with van der Waals surface area (Å²) in [5, 5.41) is 5.27. The maximum atomic E-state index is 5.44. The fraction of sp³-hybridized carbons (Fsp3) is 0. The number of fused-ring (bicyclic) bond motifs is 8. The van der Waals surface area contributed by atoms with Crippen LogP contribution in [0.15, 0.2) is 89.7 Å². The third kappa shape index (κ3) is 1.99. The van der Waals surface area contributed by atoms with Crippen molar-refractivity contribution in [1.82, 2.24) is 9.55 Å². The van der Waals surface area contributed by atoms with E-state index in [-0.39, 0.29) is 0 Å². The number of benzene rings is 4. The van der Waals surface area contributed by atoms with Gasteiger partial charge in [-0.1, -0.05) is 36.4 Å². The van der Waals surface area contributed by atoms with Crippen molar-refractivity contribution < 1.29 is 4.42 Å². The van der Waals surface area contributed by atoms with Gasteiger partial charge in [0.15, 0.2) is 12.0 Å². The lowest BCUT2D eigenvalue weighted by Gasteiger charge is -2.07. The zero-order valence-corrected chi connectivity index (χ0v) is 16.1. The van der Waals surface area contributed by atoms with E-state index in [1.54, 1.807) is 0 Å². The molecule has 0 bridgehead atoms. The van der Waals surface area contributed by atoms with Crippen molar-refractivity contribution in [2.75, 3.05) is 0 Å². The summed E-state index contributed by atoms with van der Waals surface area (Å²) in [6.45, 7) is 0. The summed E-state index contributed by atoms with van der Waals surface area (Å²) in [5.74, 6) is 0. The minimum Gasteiger partial charge on any atom is -0.443 e. The lowest BCUT2D eigenvalue weighted by atomic mass is 10.1. The molecule has 0 aliphatic carbocycles. The van der Waals surface area contributed by atoms with Crippen LogP contribution in [-0.4, -0.2) is 9.55 Å². The molecule has 4 heteroatoms. The summed E-state index contributed by atoms with van der Waals surface area (Å²) < 4.78 is 10.4. The van der Waals surface area contributed by atoms with Gasteiger partial charge in [-0.25, -0.2) is 4.98 Å². The topological polar surface area (TPSA) is 31.0 Å². The van der Waals surface area contributed by atoms with Gasteiger partial charge in [0.25, 0.3) is 0 Å². The monoisotopic (exact) mass is 390 g/mol. The summed E-state index contributed by atoms with van der Waals surface area (Å²) in [4.78, 5) is 4.35. The van der Waals surface area contributed by atoms with Crippen molar-refractivity contribution in [2.45, 2.75) is 0 Å². The summed E-state index contributed by atoms with van der Waals surface area (Å²) in [6, 6.07) is 28.1. The standard InChI is InChI=1S/C25H14N2OS/c1-3-7-19-16(5-1)24-20(27(19)15-9-11-21-18(13-15)26-14-28-21)10-12-23-25(24)17-6-2-4-8-22(17)29-23/h1-14H. The molecule has 0 fully saturated rings. The quantitative estimate of drug-likeness (QED) is 0.295. The summed E-state index contributed by atoms with van der Waals surface area (Å²) in [5.41, 5.74) is 5.19. The summed E-state index contributed by atoms with van der Waals surface area (Å²) >= 11 is 1.86. The average molecular weight is 390 g/mol. The number of para-hydroxylation sites is 1. The Balaban J connectivity index is 1.72. The lowest BCUT2D eigenvalue weighted by Crippen LogP contribution is -1.93. The van der Waals surface area contributed by atoms with Gasteiger partial charge in [-0.3, -0.25) is 0 Å². The summed E-state index contributed by atoms with van der Waals surface area (Å²) in [7, 11) is 0. The molecule has 0 saturated heterocycles. The molecule has 4 aromatic carbocycles. The second-order valence-corrected chi connectivity index (χ2v) is 8.37. The largest absolute Gasteiger partial charge is 0.443 e. The van der Waals surface area contributed by atoms with Gasteiger partial charge in [-0.15, -0.1) is 11.3 Å². The number of hydrogen-bond donors (Lipinski definition) is 0. The smallest absolute Gasteiger partial charge is 0.181 e. The molecule has 3 heterocycles. The highest BCUT2D eigenvalue weighted by Gasteiger charge is 2.17. The zero-order valence-electron chi connectivity index (χ0n) is 15.3. The van der Waals surface area contributed by atoms with Crippen molar-refractivity contribution in [3.8, 4) is 5.69 Å². The van der Waals surface area contributed by atoms with E-state index >= 15 is 0 Å². The van der Waals surface area contributed by atoms with Crippen LogP contribution in [0.25, 0.3) is 58.8 Å². The van der Waals surface area contributed by atoms with E-state index in [1.807, 2.05) is 17.4 Å². The molecule has 0 saturated carbocycles. The molecular weight excluding hydrogens is 376 g/mol. The van der Waals surface area contributed by atoms with E-state index in [9.17, 15) is 0 Å². The Bertz CT molecular complexity index is 1720. The number of aromatic nitrogens is 2. The molecule has 7 rings (SSSR count). The van der Waals surface area contributed by atoms with Gasteiger partial charge in [0.05, 0.1) is 11.0 Å². The maximum Gasteiger partial charge on any atom is 0.181 e. The molecule has 0 radical (unpaired) electrons. The highest BCUT2D eigenvalue weighted by Crippen LogP contribution is 2.43. The van der Waals surface area contributed by atoms with Gasteiger partial charge in [-0.2, -0.15) is 0 Å². The third-order valence-corrected chi connectivity index (χ3v) is 6.88. The van der Waals surface area contributed by atoms with Crippen molar-refractivity contribution in [3.63, 3.8) is 0 Å². The van der Waals surface area contributed by atoms with Gasteiger partial charge >= 0.3 is 0 Å². The lowest BCUT2D eigenvalue weighted by molar-refractivity contribution is 0.602. The Morgan fingerprint density at radius 2 is 1.59 bits per heavy atom. The molecule has 0 N–H and O–H groups in total. The number of oxazole rings is 1. The molecular formula is C25H14N2OS. The molecule has 136 valence electrons. The fourth-order valence-corrected chi connectivity index (χ4v) is 5.65. The number of hydrogen-bond acceptors (Lipinski definition) is 3. The Morgan fingerprint density at radius 1 is 0.724 bits per heavy atom. The maximum absolute atomic E-state index is 5.44. The van der Waals surface area contributed by atoms with Crippen LogP contribution in [0.1, 0.15) is 0 Å². The van der Waals surface area contributed by atoms with Gasteiger partial charge < -0.3 is 8.98 Å². The van der Waals surface area contributed by atoms with Gasteiger partial charge in [-0.05, 0) is 42.5 Å². The van der Waals surface area contributed by atoms with Crippen LogP contribution in [0, 0.1) is 0 Å². The van der Waals surface area contributed by atoms with E-state index in [0.717, 1.165) is 16.8 Å². The third-order valence-electron chi connectivity index (χ3n) is 5.75. The first-order chi connectivity index (χ1) is 14.4. The van der Waals surface area contributed by atoms with E-state index in [4.69, 9.17) is 4.42 Å². The van der Waals surface area contributed by atoms with Crippen LogP contribution >= 0.6 is 11.3 Å². The van der Waals surface area contributed by atoms with Crippen LogP contribution in [0.4, 0.5) is 0 Å². The van der Waals surface area contributed by atoms with Gasteiger partial charge in [0.1, 0.15) is 5.52 Å². The van der Waals surface area contributed by atoms with Crippen molar-refractivity contribution in [3.05, 3.63) is 85.3 Å². The molecule has 29 heavy (non-hydrogen) atoms. The Morgan fingerprint density at radius 3 is 2.55 bits per heavy atom. The van der Waals surface area contributed by atoms with Gasteiger partial charge in [0.2, 0.25) is 0 Å². The van der Waals surface area contributed by atoms with Crippen molar-refractivity contribution in [2.24, 2.45) is 0 Å². The molecule has 0 atom stereocenters. The van der Waals surface area contributed by atoms with Crippen LogP contribution in [0.2, 0.25) is 0 Å². The highest BCUT2D eigenvalue weighted by atomic mass is 32.1. The molecule has 3 aromatic heterocycles. The Kier molecular flexibility index (Phi) is 2.88. The molecule has 0 aliphatic heterocycles. The molecule has 0 aliphatic rings. The normalized spacial score (nSPS) is 12.1. The van der Waals surface area contributed by atoms with Crippen LogP contribution in [-0.2, 0) is 0 Å². The first kappa shape index (κ1) is 15.3. The van der Waals surface area contributed by atoms with Crippen molar-refractivity contribution in [1.29, 1.82) is 0 Å². The molecule has 7 aromatic rings. The van der Waals surface area contributed by atoms with E-state index in [1.165, 1.54) is 48.4 Å². The first-order valence-corrected chi connectivity index (χ1v) is 10.4. The second-order valence-electron chi connectivity index (χ2n) is 7.29. The molecule has 3 nitrogen and oxygen atoms in total. The van der Waals surface area contributed by atoms with E-state index in [0.29, 0.717) is 0 Å². The minimum absolute atomic E-state index is 0.806. The van der Waals surface area contributed by atoms with Crippen LogP contribution < -0.4 is 0 Å². The second kappa shape index (κ2) is 5.46. The van der Waals surface area contributed by atoms with Crippen molar-refractivity contribution >= 4 is 64.4 Å².